The first-order valence-corrected chi connectivity index (χ1v) is 8.24. The van der Waals surface area contributed by atoms with Crippen LogP contribution in [0, 0.1) is 0 Å². The molecule has 120 valence electrons. The zero-order valence-electron chi connectivity index (χ0n) is 12.4. The fourth-order valence-electron chi connectivity index (χ4n) is 2.79. The highest BCUT2D eigenvalue weighted by Gasteiger charge is 2.30. The number of amides is 1. The molecule has 3 N–H and O–H groups in total. The minimum Gasteiger partial charge on any atom is -0.480 e. The Morgan fingerprint density at radius 2 is 2.09 bits per heavy atom. The number of aromatic nitrogens is 1. The first-order chi connectivity index (χ1) is 11.0. The molecule has 0 bridgehead atoms. The minimum absolute atomic E-state index is 0.407. The minimum atomic E-state index is -0.764. The molecule has 7 heteroatoms. The summed E-state index contributed by atoms with van der Waals surface area (Å²) in [5.74, 6) is -1.22. The third kappa shape index (κ3) is 3.40. The van der Waals surface area contributed by atoms with Crippen LogP contribution >= 0.6 is 11.3 Å². The highest BCUT2D eigenvalue weighted by molar-refractivity contribution is 7.13. The van der Waals surface area contributed by atoms with E-state index in [1.54, 1.807) is 12.1 Å². The van der Waals surface area contributed by atoms with Gasteiger partial charge in [0, 0.05) is 23.1 Å². The molecule has 6 nitrogen and oxygen atoms in total. The van der Waals surface area contributed by atoms with Crippen molar-refractivity contribution in [1.82, 2.24) is 9.88 Å². The van der Waals surface area contributed by atoms with Gasteiger partial charge in [-0.15, -0.1) is 11.3 Å². The molecule has 2 heterocycles. The SMILES string of the molecule is NC(=O)c1ccc(-c2nc(CN3CCCC3C(=O)O)cs2)cc1. The molecule has 0 spiro atoms. The quantitative estimate of drug-likeness (QED) is 0.873. The predicted octanol–water partition coefficient (Wildman–Crippen LogP) is 1.96. The van der Waals surface area contributed by atoms with E-state index >= 15 is 0 Å². The molecule has 23 heavy (non-hydrogen) atoms. The molecule has 0 radical (unpaired) electrons. The van der Waals surface area contributed by atoms with E-state index in [0.29, 0.717) is 18.5 Å². The molecule has 0 saturated carbocycles. The van der Waals surface area contributed by atoms with E-state index in [0.717, 1.165) is 29.2 Å². The molecule has 1 aromatic carbocycles. The molecule has 1 unspecified atom stereocenters. The van der Waals surface area contributed by atoms with Gasteiger partial charge in [0.25, 0.3) is 0 Å². The Labute approximate surface area is 137 Å². The number of primary amides is 1. The van der Waals surface area contributed by atoms with Gasteiger partial charge in [0.2, 0.25) is 5.91 Å². The summed E-state index contributed by atoms with van der Waals surface area (Å²) in [7, 11) is 0. The van der Waals surface area contributed by atoms with E-state index in [1.807, 2.05) is 22.4 Å². The van der Waals surface area contributed by atoms with Crippen LogP contribution in [0.3, 0.4) is 0 Å². The summed E-state index contributed by atoms with van der Waals surface area (Å²) in [4.78, 5) is 28.8. The van der Waals surface area contributed by atoms with Crippen LogP contribution in [-0.4, -0.2) is 39.5 Å². The van der Waals surface area contributed by atoms with Gasteiger partial charge >= 0.3 is 5.97 Å². The van der Waals surface area contributed by atoms with Crippen molar-refractivity contribution >= 4 is 23.2 Å². The fraction of sp³-hybridized carbons (Fsp3) is 0.312. The summed E-state index contributed by atoms with van der Waals surface area (Å²) in [6.07, 6.45) is 1.60. The number of carbonyl (C=O) groups excluding carboxylic acids is 1. The number of nitrogens with two attached hydrogens (primary N) is 1. The Kier molecular flexibility index (Phi) is 4.40. The second kappa shape index (κ2) is 6.47. The number of hydrogen-bond acceptors (Lipinski definition) is 5. The van der Waals surface area contributed by atoms with Crippen LogP contribution in [0.15, 0.2) is 29.6 Å². The monoisotopic (exact) mass is 331 g/mol. The second-order valence-corrected chi connectivity index (χ2v) is 6.41. The molecule has 1 aromatic heterocycles. The van der Waals surface area contributed by atoms with Crippen molar-refractivity contribution in [2.75, 3.05) is 6.54 Å². The van der Waals surface area contributed by atoms with Crippen LogP contribution in [0.25, 0.3) is 10.6 Å². The lowest BCUT2D eigenvalue weighted by Gasteiger charge is -2.19. The van der Waals surface area contributed by atoms with Crippen molar-refractivity contribution in [2.45, 2.75) is 25.4 Å². The summed E-state index contributed by atoms with van der Waals surface area (Å²) in [5, 5.41) is 12.0. The second-order valence-electron chi connectivity index (χ2n) is 5.55. The number of nitrogens with zero attached hydrogens (tertiary/aromatic N) is 2. The smallest absolute Gasteiger partial charge is 0.320 e. The molecular weight excluding hydrogens is 314 g/mol. The fourth-order valence-corrected chi connectivity index (χ4v) is 3.61. The number of carboxylic acids is 1. The van der Waals surface area contributed by atoms with Crippen molar-refractivity contribution in [2.24, 2.45) is 5.73 Å². The van der Waals surface area contributed by atoms with E-state index in [-0.39, 0.29) is 0 Å². The zero-order valence-corrected chi connectivity index (χ0v) is 13.3. The number of likely N-dealkylation sites (tertiary alicyclic amines) is 1. The van der Waals surface area contributed by atoms with E-state index < -0.39 is 17.9 Å². The van der Waals surface area contributed by atoms with Crippen molar-refractivity contribution < 1.29 is 14.7 Å². The van der Waals surface area contributed by atoms with E-state index in [2.05, 4.69) is 4.98 Å². The summed E-state index contributed by atoms with van der Waals surface area (Å²) in [6, 6.07) is 6.59. The Morgan fingerprint density at radius 1 is 1.35 bits per heavy atom. The number of thiazole rings is 1. The molecule has 2 aromatic rings. The van der Waals surface area contributed by atoms with Gasteiger partial charge < -0.3 is 10.8 Å². The number of aliphatic carboxylic acids is 1. The van der Waals surface area contributed by atoms with Gasteiger partial charge in [-0.3, -0.25) is 14.5 Å². The number of benzene rings is 1. The Balaban J connectivity index is 1.73. The first kappa shape index (κ1) is 15.6. The van der Waals surface area contributed by atoms with E-state index in [4.69, 9.17) is 5.73 Å². The van der Waals surface area contributed by atoms with Gasteiger partial charge in [0.15, 0.2) is 0 Å². The van der Waals surface area contributed by atoms with E-state index in [1.165, 1.54) is 11.3 Å². The van der Waals surface area contributed by atoms with Crippen molar-refractivity contribution in [1.29, 1.82) is 0 Å². The lowest BCUT2D eigenvalue weighted by Crippen LogP contribution is -2.35. The Bertz CT molecular complexity index is 726. The third-order valence-electron chi connectivity index (χ3n) is 3.98. The van der Waals surface area contributed by atoms with Crippen molar-refractivity contribution in [3.05, 3.63) is 40.9 Å². The lowest BCUT2D eigenvalue weighted by molar-refractivity contribution is -0.142. The third-order valence-corrected chi connectivity index (χ3v) is 4.92. The summed E-state index contributed by atoms with van der Waals surface area (Å²) >= 11 is 1.51. The normalized spacial score (nSPS) is 18.2. The Hall–Kier alpha value is -2.25. The largest absolute Gasteiger partial charge is 0.480 e. The average Bonchev–Trinajstić information content (AvgIpc) is 3.17. The van der Waals surface area contributed by atoms with Crippen LogP contribution in [-0.2, 0) is 11.3 Å². The maximum Gasteiger partial charge on any atom is 0.320 e. The molecule has 1 atom stereocenters. The van der Waals surface area contributed by atoms with Gasteiger partial charge in [0.1, 0.15) is 11.0 Å². The van der Waals surface area contributed by atoms with Crippen molar-refractivity contribution in [3.63, 3.8) is 0 Å². The van der Waals surface area contributed by atoms with Crippen molar-refractivity contribution in [3.8, 4) is 10.6 Å². The molecule has 1 amide bonds. The lowest BCUT2D eigenvalue weighted by atomic mass is 10.1. The van der Waals surface area contributed by atoms with Gasteiger partial charge in [-0.05, 0) is 31.5 Å². The summed E-state index contributed by atoms with van der Waals surface area (Å²) < 4.78 is 0. The predicted molar refractivity (Wildman–Crippen MR) is 87.1 cm³/mol. The number of hydrogen-bond donors (Lipinski definition) is 2. The number of carboxylic acid groups (broad SMARTS) is 1. The van der Waals surface area contributed by atoms with Gasteiger partial charge in [-0.1, -0.05) is 12.1 Å². The highest BCUT2D eigenvalue weighted by atomic mass is 32.1. The van der Waals surface area contributed by atoms with Gasteiger partial charge in [-0.25, -0.2) is 4.98 Å². The maximum atomic E-state index is 11.2. The zero-order chi connectivity index (χ0) is 16.4. The van der Waals surface area contributed by atoms with Crippen LogP contribution in [0.2, 0.25) is 0 Å². The molecule has 0 aliphatic carbocycles. The Morgan fingerprint density at radius 3 is 2.74 bits per heavy atom. The average molecular weight is 331 g/mol. The molecular formula is C16H17N3O3S. The highest BCUT2D eigenvalue weighted by Crippen LogP contribution is 2.26. The molecule has 1 aliphatic rings. The molecule has 1 fully saturated rings. The molecule has 1 saturated heterocycles. The topological polar surface area (TPSA) is 96.5 Å². The standard InChI is InChI=1S/C16H17N3O3S/c17-14(20)10-3-5-11(6-4-10)15-18-12(9-23-15)8-19-7-1-2-13(19)16(21)22/h3-6,9,13H,1-2,7-8H2,(H2,17,20)(H,21,22). The maximum absolute atomic E-state index is 11.2. The first-order valence-electron chi connectivity index (χ1n) is 7.36. The van der Waals surface area contributed by atoms with Crippen LogP contribution in [0.5, 0.6) is 0 Å². The summed E-state index contributed by atoms with van der Waals surface area (Å²) in [6.45, 7) is 1.34. The van der Waals surface area contributed by atoms with Gasteiger partial charge in [-0.2, -0.15) is 0 Å². The molecule has 3 rings (SSSR count). The van der Waals surface area contributed by atoms with E-state index in [9.17, 15) is 14.7 Å². The molecule has 1 aliphatic heterocycles. The number of carbonyl (C=O) groups is 2. The summed E-state index contributed by atoms with van der Waals surface area (Å²) in [5.41, 5.74) is 7.49. The van der Waals surface area contributed by atoms with Gasteiger partial charge in [0.05, 0.1) is 5.69 Å². The number of rotatable bonds is 5. The van der Waals surface area contributed by atoms with Crippen LogP contribution in [0.4, 0.5) is 0 Å². The van der Waals surface area contributed by atoms with Crippen LogP contribution in [0.1, 0.15) is 28.9 Å². The van der Waals surface area contributed by atoms with Crippen LogP contribution < -0.4 is 5.73 Å².